The van der Waals surface area contributed by atoms with Crippen molar-refractivity contribution in [1.29, 1.82) is 0 Å². The van der Waals surface area contributed by atoms with E-state index in [1.54, 1.807) is 0 Å². The zero-order valence-electron chi connectivity index (χ0n) is 8.68. The standard InChI is InChI=1S/C10H9BrN4OS/c11-7-1-3-8(4-2-7)17-5-9(16)14-10-12-6-13-15-10/h1-4,6H,5H2,(H2,12,13,14,15,16). The van der Waals surface area contributed by atoms with Gasteiger partial charge in [-0.1, -0.05) is 15.9 Å². The van der Waals surface area contributed by atoms with Gasteiger partial charge in [0.25, 0.3) is 0 Å². The zero-order valence-corrected chi connectivity index (χ0v) is 11.1. The summed E-state index contributed by atoms with van der Waals surface area (Å²) in [6.07, 6.45) is 1.34. The number of hydrogen-bond acceptors (Lipinski definition) is 4. The number of H-pyrrole nitrogens is 1. The van der Waals surface area contributed by atoms with Gasteiger partial charge >= 0.3 is 0 Å². The molecule has 0 spiro atoms. The van der Waals surface area contributed by atoms with Crippen molar-refractivity contribution >= 4 is 39.5 Å². The molecule has 2 N–H and O–H groups in total. The van der Waals surface area contributed by atoms with E-state index < -0.39 is 0 Å². The molecule has 2 aromatic rings. The number of nitrogens with zero attached hydrogens (tertiary/aromatic N) is 2. The molecule has 1 amide bonds. The predicted molar refractivity (Wildman–Crippen MR) is 69.9 cm³/mol. The Morgan fingerprint density at radius 3 is 2.82 bits per heavy atom. The van der Waals surface area contributed by atoms with Crippen LogP contribution in [-0.2, 0) is 4.79 Å². The van der Waals surface area contributed by atoms with Gasteiger partial charge in [0.2, 0.25) is 11.9 Å². The minimum atomic E-state index is -0.116. The molecule has 0 unspecified atom stereocenters. The van der Waals surface area contributed by atoms with E-state index in [9.17, 15) is 4.79 Å². The number of halogens is 1. The van der Waals surface area contributed by atoms with Crippen molar-refractivity contribution in [2.24, 2.45) is 0 Å². The molecule has 17 heavy (non-hydrogen) atoms. The second-order valence-electron chi connectivity index (χ2n) is 3.12. The van der Waals surface area contributed by atoms with Crippen molar-refractivity contribution in [2.45, 2.75) is 4.90 Å². The van der Waals surface area contributed by atoms with Crippen LogP contribution in [0.4, 0.5) is 5.95 Å². The molecular weight excluding hydrogens is 304 g/mol. The lowest BCUT2D eigenvalue weighted by Gasteiger charge is -2.02. The van der Waals surface area contributed by atoms with Crippen LogP contribution >= 0.6 is 27.7 Å². The second-order valence-corrected chi connectivity index (χ2v) is 5.09. The number of nitrogens with one attached hydrogen (secondary N) is 2. The number of thioether (sulfide) groups is 1. The van der Waals surface area contributed by atoms with E-state index >= 15 is 0 Å². The number of aromatic nitrogens is 3. The minimum absolute atomic E-state index is 0.116. The van der Waals surface area contributed by atoms with Crippen LogP contribution in [0.25, 0.3) is 0 Å². The molecule has 0 atom stereocenters. The van der Waals surface area contributed by atoms with E-state index in [0.29, 0.717) is 11.7 Å². The average molecular weight is 313 g/mol. The number of carbonyl (C=O) groups excluding carboxylic acids is 1. The summed E-state index contributed by atoms with van der Waals surface area (Å²) in [6, 6.07) is 7.79. The molecule has 0 aliphatic rings. The van der Waals surface area contributed by atoms with Gasteiger partial charge in [-0.2, -0.15) is 10.1 Å². The lowest BCUT2D eigenvalue weighted by molar-refractivity contribution is -0.113. The fraction of sp³-hybridized carbons (Fsp3) is 0.100. The number of rotatable bonds is 4. The third-order valence-electron chi connectivity index (χ3n) is 1.86. The number of carbonyl (C=O) groups is 1. The highest BCUT2D eigenvalue weighted by Gasteiger charge is 2.04. The topological polar surface area (TPSA) is 70.7 Å². The summed E-state index contributed by atoms with van der Waals surface area (Å²) in [5.41, 5.74) is 0. The van der Waals surface area contributed by atoms with Gasteiger partial charge < -0.3 is 0 Å². The normalized spacial score (nSPS) is 10.2. The van der Waals surface area contributed by atoms with Crippen molar-refractivity contribution in [3.8, 4) is 0 Å². The Morgan fingerprint density at radius 2 is 2.18 bits per heavy atom. The van der Waals surface area contributed by atoms with E-state index in [0.717, 1.165) is 9.37 Å². The molecule has 0 saturated heterocycles. The molecule has 0 bridgehead atoms. The quantitative estimate of drug-likeness (QED) is 0.850. The summed E-state index contributed by atoms with van der Waals surface area (Å²) >= 11 is 4.82. The second kappa shape index (κ2) is 5.83. The first kappa shape index (κ1) is 12.1. The molecule has 0 saturated carbocycles. The Kier molecular flexibility index (Phi) is 4.16. The van der Waals surface area contributed by atoms with Gasteiger partial charge in [-0.25, -0.2) is 5.10 Å². The SMILES string of the molecule is O=C(CSc1ccc(Br)cc1)Nc1ncn[nH]1. The van der Waals surface area contributed by atoms with Gasteiger partial charge in [0.15, 0.2) is 0 Å². The molecule has 0 fully saturated rings. The van der Waals surface area contributed by atoms with Crippen LogP contribution in [0, 0.1) is 0 Å². The van der Waals surface area contributed by atoms with Crippen LogP contribution < -0.4 is 5.32 Å². The van der Waals surface area contributed by atoms with E-state index in [1.165, 1.54) is 18.1 Å². The third kappa shape index (κ3) is 3.86. The van der Waals surface area contributed by atoms with Gasteiger partial charge in [-0.3, -0.25) is 10.1 Å². The fourth-order valence-electron chi connectivity index (χ4n) is 1.11. The molecular formula is C10H9BrN4OS. The zero-order chi connectivity index (χ0) is 12.1. The van der Waals surface area contributed by atoms with Crippen LogP contribution in [0.1, 0.15) is 0 Å². The van der Waals surface area contributed by atoms with Crippen LogP contribution in [0.15, 0.2) is 40.0 Å². The maximum atomic E-state index is 11.5. The van der Waals surface area contributed by atoms with Crippen molar-refractivity contribution in [1.82, 2.24) is 15.2 Å². The van der Waals surface area contributed by atoms with Crippen molar-refractivity contribution in [2.75, 3.05) is 11.1 Å². The Hall–Kier alpha value is -1.34. The molecule has 0 aliphatic carbocycles. The molecule has 88 valence electrons. The highest BCUT2D eigenvalue weighted by Crippen LogP contribution is 2.20. The Labute approximate surface area is 111 Å². The Balaban J connectivity index is 1.82. The smallest absolute Gasteiger partial charge is 0.237 e. The summed E-state index contributed by atoms with van der Waals surface area (Å²) in [5.74, 6) is 0.587. The summed E-state index contributed by atoms with van der Waals surface area (Å²) in [6.45, 7) is 0. The van der Waals surface area contributed by atoms with E-state index in [4.69, 9.17) is 0 Å². The first-order chi connectivity index (χ1) is 8.24. The summed E-state index contributed by atoms with van der Waals surface area (Å²) < 4.78 is 1.02. The minimum Gasteiger partial charge on any atom is -0.294 e. The summed E-state index contributed by atoms with van der Waals surface area (Å²) in [4.78, 5) is 16.4. The molecule has 5 nitrogen and oxygen atoms in total. The largest absolute Gasteiger partial charge is 0.294 e. The van der Waals surface area contributed by atoms with Gasteiger partial charge in [-0.15, -0.1) is 11.8 Å². The number of benzene rings is 1. The van der Waals surface area contributed by atoms with E-state index in [-0.39, 0.29) is 5.91 Å². The van der Waals surface area contributed by atoms with E-state index in [1.807, 2.05) is 24.3 Å². The van der Waals surface area contributed by atoms with Gasteiger partial charge in [0, 0.05) is 9.37 Å². The molecule has 0 radical (unpaired) electrons. The summed E-state index contributed by atoms with van der Waals surface area (Å²) in [7, 11) is 0. The number of hydrogen-bond donors (Lipinski definition) is 2. The lowest BCUT2D eigenvalue weighted by Crippen LogP contribution is -2.14. The predicted octanol–water partition coefficient (Wildman–Crippen LogP) is 2.30. The first-order valence-corrected chi connectivity index (χ1v) is 6.55. The van der Waals surface area contributed by atoms with Gasteiger partial charge in [0.05, 0.1) is 5.75 Å². The highest BCUT2D eigenvalue weighted by molar-refractivity contribution is 9.10. The monoisotopic (exact) mass is 312 g/mol. The number of amides is 1. The number of aromatic amines is 1. The van der Waals surface area contributed by atoms with Crippen molar-refractivity contribution in [3.05, 3.63) is 35.1 Å². The van der Waals surface area contributed by atoms with Crippen LogP contribution in [0.3, 0.4) is 0 Å². The molecule has 1 aromatic heterocycles. The first-order valence-electron chi connectivity index (χ1n) is 4.77. The van der Waals surface area contributed by atoms with E-state index in [2.05, 4.69) is 36.4 Å². The van der Waals surface area contributed by atoms with Crippen LogP contribution in [-0.4, -0.2) is 26.8 Å². The maximum Gasteiger partial charge on any atom is 0.237 e. The third-order valence-corrected chi connectivity index (χ3v) is 3.40. The average Bonchev–Trinajstić information content (AvgIpc) is 2.81. The maximum absolute atomic E-state index is 11.5. The van der Waals surface area contributed by atoms with Crippen LogP contribution in [0.5, 0.6) is 0 Å². The summed E-state index contributed by atoms with van der Waals surface area (Å²) in [5, 5.41) is 8.81. The van der Waals surface area contributed by atoms with Gasteiger partial charge in [-0.05, 0) is 24.3 Å². The van der Waals surface area contributed by atoms with Gasteiger partial charge in [0.1, 0.15) is 6.33 Å². The molecule has 2 rings (SSSR count). The molecule has 1 aromatic carbocycles. The van der Waals surface area contributed by atoms with Crippen molar-refractivity contribution < 1.29 is 4.79 Å². The lowest BCUT2D eigenvalue weighted by atomic mass is 10.4. The molecule has 7 heteroatoms. The Bertz CT molecular complexity index is 486. The highest BCUT2D eigenvalue weighted by atomic mass is 79.9. The molecule has 1 heterocycles. The molecule has 0 aliphatic heterocycles. The van der Waals surface area contributed by atoms with Crippen molar-refractivity contribution in [3.63, 3.8) is 0 Å². The number of anilines is 1. The van der Waals surface area contributed by atoms with Crippen LogP contribution in [0.2, 0.25) is 0 Å². The Morgan fingerprint density at radius 1 is 1.41 bits per heavy atom. The fourth-order valence-corrected chi connectivity index (χ4v) is 2.08.